The summed E-state index contributed by atoms with van der Waals surface area (Å²) in [6, 6.07) is 3.54. The first kappa shape index (κ1) is 29.0. The van der Waals surface area contributed by atoms with Crippen molar-refractivity contribution in [1.82, 2.24) is 4.98 Å². The molecule has 0 saturated heterocycles. The second kappa shape index (κ2) is 13.0. The first-order valence-corrected chi connectivity index (χ1v) is 18.2. The van der Waals surface area contributed by atoms with Crippen molar-refractivity contribution in [2.45, 2.75) is 25.2 Å². The Hall–Kier alpha value is 1.01. The van der Waals surface area contributed by atoms with Crippen LogP contribution in [0.4, 0.5) is 0 Å². The van der Waals surface area contributed by atoms with E-state index in [-0.39, 0.29) is 12.8 Å². The molecule has 30 heavy (non-hydrogen) atoms. The molecule has 0 spiro atoms. The molecule has 0 aliphatic heterocycles. The normalized spacial score (nSPS) is 21.1. The minimum absolute atomic E-state index is 0.138. The summed E-state index contributed by atoms with van der Waals surface area (Å²) in [4.78, 5) is 43.2. The molecule has 0 fully saturated rings. The fraction of sp³-hybridized carbons (Fsp3) is 0.615. The van der Waals surface area contributed by atoms with E-state index in [4.69, 9.17) is 17.2 Å². The van der Waals surface area contributed by atoms with Crippen LogP contribution in [0.25, 0.3) is 0 Å². The number of rotatable bonds is 13. The molecule has 4 atom stereocenters. The molecular weight excluding hydrogens is 516 g/mol. The summed E-state index contributed by atoms with van der Waals surface area (Å²) < 4.78 is 47.7. The highest BCUT2D eigenvalue weighted by molar-refractivity contribution is 7.82. The SMILES string of the molecule is Cc1ccc(CCC(P(=O)(OP(C)O)OP(C)O)P(=O)(OP(C)O)OP(C)O)nc1. The van der Waals surface area contributed by atoms with Gasteiger partial charge in [-0.05, 0) is 31.4 Å². The number of hydrogen-bond acceptors (Lipinski definition) is 11. The predicted octanol–water partition coefficient (Wildman–Crippen LogP) is 4.84. The van der Waals surface area contributed by atoms with Gasteiger partial charge < -0.3 is 19.6 Å². The molecule has 0 amide bonds. The Morgan fingerprint density at radius 3 is 1.57 bits per heavy atom. The van der Waals surface area contributed by atoms with E-state index >= 15 is 0 Å². The smallest absolute Gasteiger partial charge is 0.350 e. The van der Waals surface area contributed by atoms with E-state index in [9.17, 15) is 28.7 Å². The molecular formula is C13H27NO10P6. The quantitative estimate of drug-likeness (QED) is 0.252. The summed E-state index contributed by atoms with van der Waals surface area (Å²) in [5, 5.41) is -1.64. The second-order valence-electron chi connectivity index (χ2n) is 6.11. The summed E-state index contributed by atoms with van der Waals surface area (Å²) in [6.45, 7) is 6.76. The van der Waals surface area contributed by atoms with Crippen LogP contribution < -0.4 is 0 Å². The molecule has 17 heteroatoms. The Kier molecular flexibility index (Phi) is 12.6. The Morgan fingerprint density at radius 2 is 1.27 bits per heavy atom. The lowest BCUT2D eigenvalue weighted by molar-refractivity contribution is 0.347. The molecule has 4 unspecified atom stereocenters. The predicted molar refractivity (Wildman–Crippen MR) is 121 cm³/mol. The maximum Gasteiger partial charge on any atom is 0.356 e. The third-order valence-corrected chi connectivity index (χ3v) is 14.4. The zero-order valence-electron chi connectivity index (χ0n) is 17.1. The van der Waals surface area contributed by atoms with Crippen LogP contribution in [0.2, 0.25) is 0 Å². The maximum absolute atomic E-state index is 13.6. The van der Waals surface area contributed by atoms with Crippen molar-refractivity contribution in [2.24, 2.45) is 0 Å². The summed E-state index contributed by atoms with van der Waals surface area (Å²) in [5.41, 5.74) is 1.49. The third kappa shape index (κ3) is 9.87. The Bertz CT molecular complexity index is 680. The van der Waals surface area contributed by atoms with Crippen LogP contribution >= 0.6 is 48.7 Å². The van der Waals surface area contributed by atoms with Gasteiger partial charge in [0.15, 0.2) is 38.9 Å². The van der Waals surface area contributed by atoms with E-state index in [0.717, 1.165) is 5.56 Å². The third-order valence-electron chi connectivity index (χ3n) is 3.29. The van der Waals surface area contributed by atoms with Gasteiger partial charge in [0.05, 0.1) is 0 Å². The minimum Gasteiger partial charge on any atom is -0.350 e. The molecule has 11 nitrogen and oxygen atoms in total. The lowest BCUT2D eigenvalue weighted by atomic mass is 10.2. The van der Waals surface area contributed by atoms with E-state index in [1.807, 2.05) is 13.0 Å². The molecule has 0 aliphatic carbocycles. The lowest BCUT2D eigenvalue weighted by Gasteiger charge is -2.33. The average molecular weight is 543 g/mol. The molecule has 0 radical (unpaired) electrons. The largest absolute Gasteiger partial charge is 0.356 e. The molecule has 1 heterocycles. The number of aromatic nitrogens is 1. The molecule has 174 valence electrons. The van der Waals surface area contributed by atoms with Gasteiger partial charge in [-0.15, -0.1) is 0 Å². The summed E-state index contributed by atoms with van der Waals surface area (Å²) in [6.07, 6.45) is 1.58. The highest BCUT2D eigenvalue weighted by atomic mass is 31.3. The van der Waals surface area contributed by atoms with Crippen molar-refractivity contribution in [3.05, 3.63) is 29.6 Å². The lowest BCUT2D eigenvalue weighted by Crippen LogP contribution is -2.15. The topological polar surface area (TPSA) is 165 Å². The maximum atomic E-state index is 13.6. The fourth-order valence-corrected chi connectivity index (χ4v) is 13.9. The van der Waals surface area contributed by atoms with Crippen LogP contribution in [0.1, 0.15) is 17.7 Å². The van der Waals surface area contributed by atoms with Gasteiger partial charge in [-0.25, -0.2) is 0 Å². The zero-order chi connectivity index (χ0) is 23.1. The first-order valence-electron chi connectivity index (χ1n) is 8.37. The summed E-state index contributed by atoms with van der Waals surface area (Å²) in [5.74, 6) is 0. The molecule has 4 N–H and O–H groups in total. The van der Waals surface area contributed by atoms with E-state index < -0.39 is 54.1 Å². The molecule has 1 aromatic rings. The Morgan fingerprint density at radius 1 is 0.867 bits per heavy atom. The van der Waals surface area contributed by atoms with Crippen molar-refractivity contribution in [2.75, 3.05) is 26.7 Å². The summed E-state index contributed by atoms with van der Waals surface area (Å²) in [7, 11) is -18.1. The van der Waals surface area contributed by atoms with Crippen LogP contribution in [0.5, 0.6) is 0 Å². The van der Waals surface area contributed by atoms with Crippen LogP contribution in [0, 0.1) is 6.92 Å². The van der Waals surface area contributed by atoms with E-state index in [0.29, 0.717) is 5.69 Å². The van der Waals surface area contributed by atoms with Crippen LogP contribution in [0.15, 0.2) is 18.3 Å². The highest BCUT2D eigenvalue weighted by Gasteiger charge is 2.54. The molecule has 0 saturated carbocycles. The minimum atomic E-state index is -4.51. The van der Waals surface area contributed by atoms with Crippen LogP contribution in [0.3, 0.4) is 0 Å². The van der Waals surface area contributed by atoms with Gasteiger partial charge in [-0.2, -0.15) is 0 Å². The van der Waals surface area contributed by atoms with Crippen molar-refractivity contribution < 1.29 is 45.9 Å². The first-order chi connectivity index (χ1) is 13.8. The van der Waals surface area contributed by atoms with E-state index in [1.165, 1.54) is 26.7 Å². The monoisotopic (exact) mass is 543 g/mol. The second-order valence-corrected chi connectivity index (χ2v) is 16.2. The van der Waals surface area contributed by atoms with Crippen molar-refractivity contribution in [3.8, 4) is 0 Å². The number of pyridine rings is 1. The van der Waals surface area contributed by atoms with Crippen LogP contribution in [-0.2, 0) is 32.8 Å². The Labute approximate surface area is 181 Å². The van der Waals surface area contributed by atoms with Gasteiger partial charge in [0, 0.05) is 38.6 Å². The highest BCUT2D eigenvalue weighted by Crippen LogP contribution is 2.80. The molecule has 0 bridgehead atoms. The van der Waals surface area contributed by atoms with Gasteiger partial charge in [0.2, 0.25) is 0 Å². The molecule has 0 aliphatic rings. The molecule has 0 aromatic carbocycles. The van der Waals surface area contributed by atoms with Crippen molar-refractivity contribution >= 4 is 48.7 Å². The molecule has 1 rings (SSSR count). The van der Waals surface area contributed by atoms with Gasteiger partial charge in [0.1, 0.15) is 0 Å². The number of hydrogen-bond donors (Lipinski definition) is 4. The van der Waals surface area contributed by atoms with Crippen LogP contribution in [-0.4, -0.2) is 56.6 Å². The average Bonchev–Trinajstić information content (AvgIpc) is 2.53. The fourth-order valence-electron chi connectivity index (χ4n) is 2.32. The number of nitrogens with zero attached hydrogens (tertiary/aromatic N) is 1. The van der Waals surface area contributed by atoms with Crippen molar-refractivity contribution in [1.29, 1.82) is 0 Å². The Balaban J connectivity index is 3.43. The zero-order valence-corrected chi connectivity index (χ0v) is 22.5. The molecule has 1 aromatic heterocycles. The van der Waals surface area contributed by atoms with Gasteiger partial charge in [-0.1, -0.05) is 6.07 Å². The standard InChI is InChI=1S/C13H27NO10P6/c1-11-6-7-12(14-10-11)8-9-13(29(19,21-25(2)15)22-26(3)16)30(20,23-27(4)17)24-28(5)18/h6-7,10,13,15-18H,8-9H2,1-5H3. The summed E-state index contributed by atoms with van der Waals surface area (Å²) >= 11 is 0. The van der Waals surface area contributed by atoms with Gasteiger partial charge in [-0.3, -0.25) is 31.4 Å². The van der Waals surface area contributed by atoms with Gasteiger partial charge >= 0.3 is 15.2 Å². The van der Waals surface area contributed by atoms with Crippen molar-refractivity contribution in [3.63, 3.8) is 0 Å². The van der Waals surface area contributed by atoms with Gasteiger partial charge in [0.25, 0.3) is 0 Å². The van der Waals surface area contributed by atoms with E-state index in [1.54, 1.807) is 12.3 Å². The number of aryl methyl sites for hydroxylation is 2. The van der Waals surface area contributed by atoms with E-state index in [2.05, 4.69) is 4.98 Å².